The second-order valence-corrected chi connectivity index (χ2v) is 4.47. The number of rotatable bonds is 5. The lowest BCUT2D eigenvalue weighted by atomic mass is 10.1. The van der Waals surface area contributed by atoms with Crippen LogP contribution >= 0.6 is 0 Å². The van der Waals surface area contributed by atoms with Crippen molar-refractivity contribution in [1.29, 1.82) is 0 Å². The van der Waals surface area contributed by atoms with Crippen LogP contribution in [0, 0.1) is 0 Å². The van der Waals surface area contributed by atoms with E-state index in [0.717, 1.165) is 22.6 Å². The Morgan fingerprint density at radius 3 is 1.91 bits per heavy atom. The number of nitrogens with two attached hydrogens (primary N) is 1. The summed E-state index contributed by atoms with van der Waals surface area (Å²) in [7, 11) is 3.22. The monoisotopic (exact) mass is 299 g/mol. The number of carbonyl (C=O) groups is 1. The first-order valence-electron chi connectivity index (χ1n) is 6.59. The summed E-state index contributed by atoms with van der Waals surface area (Å²) >= 11 is 0. The zero-order valence-corrected chi connectivity index (χ0v) is 12.4. The highest BCUT2D eigenvalue weighted by Gasteiger charge is 2.00. The molecule has 0 aliphatic heterocycles. The lowest BCUT2D eigenvalue weighted by Gasteiger charge is -2.06. The lowest BCUT2D eigenvalue weighted by Crippen LogP contribution is -2.16. The summed E-state index contributed by atoms with van der Waals surface area (Å²) < 4.78 is 15.2. The lowest BCUT2D eigenvalue weighted by molar-refractivity contribution is 0.211. The maximum atomic E-state index is 10.6. The molecule has 0 saturated carbocycles. The molecule has 0 unspecified atom stereocenters. The summed E-state index contributed by atoms with van der Waals surface area (Å²) in [6.45, 7) is 0. The van der Waals surface area contributed by atoms with Gasteiger partial charge in [0.25, 0.3) is 0 Å². The fraction of sp³-hybridized carbons (Fsp3) is 0.118. The van der Waals surface area contributed by atoms with Gasteiger partial charge in [-0.3, -0.25) is 0 Å². The minimum absolute atomic E-state index is 0.410. The third kappa shape index (κ3) is 4.28. The van der Waals surface area contributed by atoms with Crippen molar-refractivity contribution in [2.45, 2.75) is 0 Å². The molecule has 2 rings (SSSR count). The maximum absolute atomic E-state index is 10.6. The Hall–Kier alpha value is -2.95. The molecule has 114 valence electrons. The smallest absolute Gasteiger partial charge is 0.409 e. The van der Waals surface area contributed by atoms with E-state index in [1.807, 2.05) is 42.5 Å². The number of hydrogen-bond donors (Lipinski definition) is 1. The van der Waals surface area contributed by atoms with Crippen molar-refractivity contribution in [3.05, 3.63) is 53.6 Å². The molecule has 5 nitrogen and oxygen atoms in total. The van der Waals surface area contributed by atoms with Crippen LogP contribution in [-0.2, 0) is 0 Å². The van der Waals surface area contributed by atoms with Gasteiger partial charge in [-0.1, -0.05) is 24.3 Å². The Labute approximate surface area is 128 Å². The fourth-order valence-electron chi connectivity index (χ4n) is 1.88. The number of amides is 1. The van der Waals surface area contributed by atoms with Crippen LogP contribution in [0.3, 0.4) is 0 Å². The highest BCUT2D eigenvalue weighted by molar-refractivity contribution is 5.72. The highest BCUT2D eigenvalue weighted by Crippen LogP contribution is 2.24. The fourth-order valence-corrected chi connectivity index (χ4v) is 1.88. The molecule has 2 aromatic rings. The molecule has 0 aromatic heterocycles. The third-order valence-corrected chi connectivity index (χ3v) is 2.94. The highest BCUT2D eigenvalue weighted by atomic mass is 16.5. The topological polar surface area (TPSA) is 70.8 Å². The summed E-state index contributed by atoms with van der Waals surface area (Å²) in [6.07, 6.45) is 3.05. The van der Waals surface area contributed by atoms with E-state index in [-0.39, 0.29) is 0 Å². The SMILES string of the molecule is COc1cc(C=Cc2ccc(OC(N)=O)cc2)cc(OC)c1. The van der Waals surface area contributed by atoms with Gasteiger partial charge in [0, 0.05) is 6.07 Å². The Bertz CT molecular complexity index is 655. The van der Waals surface area contributed by atoms with Crippen LogP contribution in [0.15, 0.2) is 42.5 Å². The molecule has 0 heterocycles. The van der Waals surface area contributed by atoms with E-state index in [9.17, 15) is 4.79 Å². The summed E-state index contributed by atoms with van der Waals surface area (Å²) in [5, 5.41) is 0. The van der Waals surface area contributed by atoms with Gasteiger partial charge in [0.15, 0.2) is 0 Å². The van der Waals surface area contributed by atoms with Crippen molar-refractivity contribution >= 4 is 18.2 Å². The zero-order valence-electron chi connectivity index (χ0n) is 12.4. The summed E-state index contributed by atoms with van der Waals surface area (Å²) in [4.78, 5) is 10.6. The van der Waals surface area contributed by atoms with E-state index in [0.29, 0.717) is 5.75 Å². The van der Waals surface area contributed by atoms with Crippen LogP contribution in [0.5, 0.6) is 17.2 Å². The molecule has 0 radical (unpaired) electrons. The zero-order chi connectivity index (χ0) is 15.9. The Balaban J connectivity index is 2.15. The number of ether oxygens (including phenoxy) is 3. The molecular weight excluding hydrogens is 282 g/mol. The molecule has 22 heavy (non-hydrogen) atoms. The predicted molar refractivity (Wildman–Crippen MR) is 85.1 cm³/mol. The number of primary amides is 1. The number of benzene rings is 2. The average molecular weight is 299 g/mol. The van der Waals surface area contributed by atoms with Crippen molar-refractivity contribution in [2.75, 3.05) is 14.2 Å². The number of carbonyl (C=O) groups excluding carboxylic acids is 1. The summed E-state index contributed by atoms with van der Waals surface area (Å²) in [5.41, 5.74) is 6.86. The van der Waals surface area contributed by atoms with E-state index < -0.39 is 6.09 Å². The number of hydrogen-bond acceptors (Lipinski definition) is 4. The van der Waals surface area contributed by atoms with Crippen LogP contribution < -0.4 is 19.9 Å². The first kappa shape index (κ1) is 15.4. The molecule has 0 aliphatic rings. The van der Waals surface area contributed by atoms with E-state index in [1.165, 1.54) is 0 Å². The average Bonchev–Trinajstić information content (AvgIpc) is 2.53. The molecule has 0 atom stereocenters. The molecule has 1 amide bonds. The van der Waals surface area contributed by atoms with Crippen LogP contribution in [-0.4, -0.2) is 20.3 Å². The number of methoxy groups -OCH3 is 2. The van der Waals surface area contributed by atoms with Crippen molar-refractivity contribution in [3.63, 3.8) is 0 Å². The molecule has 0 fully saturated rings. The van der Waals surface area contributed by atoms with Crippen LogP contribution in [0.4, 0.5) is 4.79 Å². The van der Waals surface area contributed by atoms with Crippen molar-refractivity contribution in [3.8, 4) is 17.2 Å². The Kier molecular flexibility index (Phi) is 5.03. The summed E-state index contributed by atoms with van der Waals surface area (Å²) in [5.74, 6) is 1.86. The molecule has 2 N–H and O–H groups in total. The largest absolute Gasteiger partial charge is 0.497 e. The van der Waals surface area contributed by atoms with Gasteiger partial charge in [0.1, 0.15) is 17.2 Å². The minimum atomic E-state index is -0.827. The van der Waals surface area contributed by atoms with Gasteiger partial charge >= 0.3 is 6.09 Å². The first-order valence-corrected chi connectivity index (χ1v) is 6.59. The third-order valence-electron chi connectivity index (χ3n) is 2.94. The van der Waals surface area contributed by atoms with Crippen LogP contribution in [0.1, 0.15) is 11.1 Å². The van der Waals surface area contributed by atoms with Crippen LogP contribution in [0.25, 0.3) is 12.2 Å². The van der Waals surface area contributed by atoms with Crippen molar-refractivity contribution in [2.24, 2.45) is 5.73 Å². The summed E-state index contributed by atoms with van der Waals surface area (Å²) in [6, 6.07) is 12.6. The van der Waals surface area contributed by atoms with Crippen molar-refractivity contribution in [1.82, 2.24) is 0 Å². The Morgan fingerprint density at radius 1 is 0.864 bits per heavy atom. The van der Waals surface area contributed by atoms with Gasteiger partial charge in [0.05, 0.1) is 14.2 Å². The first-order chi connectivity index (χ1) is 10.6. The molecule has 0 aliphatic carbocycles. The molecule has 0 spiro atoms. The normalized spacial score (nSPS) is 10.5. The van der Waals surface area contributed by atoms with Gasteiger partial charge in [-0.25, -0.2) is 4.79 Å². The molecule has 2 aromatic carbocycles. The van der Waals surface area contributed by atoms with E-state index in [2.05, 4.69) is 0 Å². The standard InChI is InChI=1S/C17H17NO4/c1-20-15-9-13(10-16(11-15)21-2)4-3-12-5-7-14(8-6-12)22-17(18)19/h3-11H,1-2H3,(H2,18,19). The molecule has 0 bridgehead atoms. The van der Waals surface area contributed by atoms with Crippen molar-refractivity contribution < 1.29 is 19.0 Å². The van der Waals surface area contributed by atoms with Gasteiger partial charge in [-0.15, -0.1) is 0 Å². The molecule has 5 heteroatoms. The van der Waals surface area contributed by atoms with Gasteiger partial charge in [-0.05, 0) is 35.4 Å². The van der Waals surface area contributed by atoms with Gasteiger partial charge < -0.3 is 19.9 Å². The maximum Gasteiger partial charge on any atom is 0.409 e. The quantitative estimate of drug-likeness (QED) is 0.860. The van der Waals surface area contributed by atoms with E-state index in [4.69, 9.17) is 19.9 Å². The van der Waals surface area contributed by atoms with E-state index >= 15 is 0 Å². The van der Waals surface area contributed by atoms with Gasteiger partial charge in [0.2, 0.25) is 0 Å². The van der Waals surface area contributed by atoms with E-state index in [1.54, 1.807) is 26.4 Å². The molecular formula is C17H17NO4. The van der Waals surface area contributed by atoms with Crippen LogP contribution in [0.2, 0.25) is 0 Å². The second-order valence-electron chi connectivity index (χ2n) is 4.47. The Morgan fingerprint density at radius 2 is 1.41 bits per heavy atom. The van der Waals surface area contributed by atoms with Gasteiger partial charge in [-0.2, -0.15) is 0 Å². The minimum Gasteiger partial charge on any atom is -0.497 e. The predicted octanol–water partition coefficient (Wildman–Crippen LogP) is 3.33. The molecule has 0 saturated heterocycles. The second kappa shape index (κ2) is 7.17.